The molecule has 11 heavy (non-hydrogen) atoms. The predicted molar refractivity (Wildman–Crippen MR) is 41.6 cm³/mol. The molecule has 1 N–H and O–H groups in total. The summed E-state index contributed by atoms with van der Waals surface area (Å²) in [5.74, 6) is 0.773. The second kappa shape index (κ2) is 2.26. The van der Waals surface area contributed by atoms with Gasteiger partial charge in [0, 0.05) is 6.42 Å². The molecular formula is C8H9ClO2. The lowest BCUT2D eigenvalue weighted by atomic mass is 10.2. The molecule has 0 radical (unpaired) electrons. The highest BCUT2D eigenvalue weighted by atomic mass is 35.5. The van der Waals surface area contributed by atoms with Crippen LogP contribution in [0, 0.1) is 0 Å². The van der Waals surface area contributed by atoms with E-state index in [9.17, 15) is 5.11 Å². The zero-order valence-electron chi connectivity index (χ0n) is 6.01. The van der Waals surface area contributed by atoms with Crippen molar-refractivity contribution in [3.05, 3.63) is 23.1 Å². The van der Waals surface area contributed by atoms with E-state index in [2.05, 4.69) is 0 Å². The Labute approximate surface area is 69.8 Å². The van der Waals surface area contributed by atoms with Crippen molar-refractivity contribution in [3.8, 4) is 0 Å². The van der Waals surface area contributed by atoms with Gasteiger partial charge in [0.15, 0.2) is 5.22 Å². The first-order chi connectivity index (χ1) is 5.18. The molecule has 0 saturated heterocycles. The highest BCUT2D eigenvalue weighted by Gasteiger charge is 2.41. The zero-order valence-corrected chi connectivity index (χ0v) is 6.77. The summed E-state index contributed by atoms with van der Waals surface area (Å²) in [5, 5.41) is 9.88. The van der Waals surface area contributed by atoms with Gasteiger partial charge in [-0.15, -0.1) is 0 Å². The maximum absolute atomic E-state index is 9.49. The van der Waals surface area contributed by atoms with E-state index in [-0.39, 0.29) is 0 Å². The number of aliphatic hydroxyl groups is 1. The molecule has 0 aliphatic heterocycles. The Bertz CT molecular complexity index is 263. The van der Waals surface area contributed by atoms with Crippen LogP contribution in [-0.4, -0.2) is 10.7 Å². The molecule has 1 fully saturated rings. The fourth-order valence-corrected chi connectivity index (χ4v) is 1.25. The van der Waals surface area contributed by atoms with Crippen molar-refractivity contribution in [3.63, 3.8) is 0 Å². The van der Waals surface area contributed by atoms with Gasteiger partial charge in [-0.3, -0.25) is 0 Å². The first-order valence-electron chi connectivity index (χ1n) is 3.65. The normalized spacial score (nSPS) is 20.2. The van der Waals surface area contributed by atoms with Crippen LogP contribution in [-0.2, 0) is 6.42 Å². The van der Waals surface area contributed by atoms with E-state index in [0.29, 0.717) is 11.6 Å². The van der Waals surface area contributed by atoms with Crippen molar-refractivity contribution in [2.24, 2.45) is 0 Å². The van der Waals surface area contributed by atoms with Gasteiger partial charge in [-0.25, -0.2) is 0 Å². The van der Waals surface area contributed by atoms with Crippen molar-refractivity contribution in [2.75, 3.05) is 0 Å². The zero-order chi connectivity index (χ0) is 7.90. The molecule has 3 heteroatoms. The van der Waals surface area contributed by atoms with Crippen LogP contribution >= 0.6 is 11.6 Å². The molecule has 1 aromatic rings. The third-order valence-corrected chi connectivity index (χ3v) is 2.16. The Morgan fingerprint density at radius 1 is 1.55 bits per heavy atom. The lowest BCUT2D eigenvalue weighted by Crippen LogP contribution is -2.09. The van der Waals surface area contributed by atoms with Gasteiger partial charge in [-0.1, -0.05) is 0 Å². The lowest BCUT2D eigenvalue weighted by molar-refractivity contribution is 0.144. The average molecular weight is 173 g/mol. The number of hydrogen-bond donors (Lipinski definition) is 1. The van der Waals surface area contributed by atoms with Gasteiger partial charge in [0.1, 0.15) is 5.76 Å². The third-order valence-electron chi connectivity index (χ3n) is 1.96. The third kappa shape index (κ3) is 1.57. The summed E-state index contributed by atoms with van der Waals surface area (Å²) in [4.78, 5) is 0. The second-order valence-corrected chi connectivity index (χ2v) is 3.48. The van der Waals surface area contributed by atoms with E-state index in [1.165, 1.54) is 0 Å². The first kappa shape index (κ1) is 7.19. The lowest BCUT2D eigenvalue weighted by Gasteiger charge is -2.02. The molecule has 60 valence electrons. The van der Waals surface area contributed by atoms with Crippen LogP contribution in [0.4, 0.5) is 0 Å². The van der Waals surface area contributed by atoms with Crippen LogP contribution < -0.4 is 0 Å². The summed E-state index contributed by atoms with van der Waals surface area (Å²) in [5.41, 5.74) is -0.485. The van der Waals surface area contributed by atoms with Gasteiger partial charge in [-0.2, -0.15) is 0 Å². The minimum atomic E-state index is -0.485. The van der Waals surface area contributed by atoms with Crippen LogP contribution in [0.15, 0.2) is 16.5 Å². The molecule has 1 heterocycles. The van der Waals surface area contributed by atoms with Crippen molar-refractivity contribution < 1.29 is 9.52 Å². The van der Waals surface area contributed by atoms with E-state index in [1.54, 1.807) is 12.1 Å². The molecule has 0 amide bonds. The molecule has 1 aliphatic rings. The summed E-state index contributed by atoms with van der Waals surface area (Å²) < 4.78 is 5.10. The van der Waals surface area contributed by atoms with E-state index in [0.717, 1.165) is 18.6 Å². The fourth-order valence-electron chi connectivity index (χ4n) is 1.09. The Morgan fingerprint density at radius 2 is 2.27 bits per heavy atom. The molecule has 1 saturated carbocycles. The highest BCUT2D eigenvalue weighted by molar-refractivity contribution is 6.28. The summed E-state index contributed by atoms with van der Waals surface area (Å²) >= 11 is 5.56. The molecule has 0 aromatic carbocycles. The Kier molecular flexibility index (Phi) is 1.48. The van der Waals surface area contributed by atoms with E-state index < -0.39 is 5.60 Å². The van der Waals surface area contributed by atoms with Crippen LogP contribution in [0.2, 0.25) is 5.22 Å². The molecule has 2 rings (SSSR count). The first-order valence-corrected chi connectivity index (χ1v) is 4.02. The van der Waals surface area contributed by atoms with Crippen molar-refractivity contribution in [1.82, 2.24) is 0 Å². The number of halogens is 1. The number of furan rings is 1. The van der Waals surface area contributed by atoms with Crippen LogP contribution in [0.5, 0.6) is 0 Å². The Balaban J connectivity index is 2.06. The van der Waals surface area contributed by atoms with Gasteiger partial charge >= 0.3 is 0 Å². The molecule has 0 bridgehead atoms. The fraction of sp³-hybridized carbons (Fsp3) is 0.500. The quantitative estimate of drug-likeness (QED) is 0.741. The molecule has 0 atom stereocenters. The second-order valence-electron chi connectivity index (χ2n) is 3.11. The smallest absolute Gasteiger partial charge is 0.193 e. The van der Waals surface area contributed by atoms with E-state index >= 15 is 0 Å². The van der Waals surface area contributed by atoms with Gasteiger partial charge in [-0.05, 0) is 36.6 Å². The number of rotatable bonds is 2. The van der Waals surface area contributed by atoms with Crippen LogP contribution in [0.3, 0.4) is 0 Å². The van der Waals surface area contributed by atoms with E-state index in [4.69, 9.17) is 16.0 Å². The molecule has 1 aliphatic carbocycles. The Morgan fingerprint density at radius 3 is 2.73 bits per heavy atom. The maximum Gasteiger partial charge on any atom is 0.193 e. The topological polar surface area (TPSA) is 33.4 Å². The predicted octanol–water partition coefficient (Wildman–Crippen LogP) is 2.00. The molecule has 2 nitrogen and oxygen atoms in total. The van der Waals surface area contributed by atoms with Crippen molar-refractivity contribution in [1.29, 1.82) is 0 Å². The maximum atomic E-state index is 9.49. The summed E-state index contributed by atoms with van der Waals surface area (Å²) in [6, 6.07) is 3.50. The SMILES string of the molecule is OC1(Cc2ccc(Cl)o2)CC1. The van der Waals surface area contributed by atoms with Gasteiger partial charge in [0.05, 0.1) is 5.60 Å². The molecule has 0 spiro atoms. The van der Waals surface area contributed by atoms with Gasteiger partial charge in [0.25, 0.3) is 0 Å². The summed E-state index contributed by atoms with van der Waals surface area (Å²) in [6.07, 6.45) is 2.36. The monoisotopic (exact) mass is 172 g/mol. The minimum Gasteiger partial charge on any atom is -0.450 e. The number of hydrogen-bond acceptors (Lipinski definition) is 2. The molecule has 1 aromatic heterocycles. The van der Waals surface area contributed by atoms with Crippen molar-refractivity contribution >= 4 is 11.6 Å². The largest absolute Gasteiger partial charge is 0.450 e. The van der Waals surface area contributed by atoms with Crippen molar-refractivity contribution in [2.45, 2.75) is 24.9 Å². The standard InChI is InChI=1S/C8H9ClO2/c9-7-2-1-6(11-7)5-8(10)3-4-8/h1-2,10H,3-5H2. The van der Waals surface area contributed by atoms with Crippen LogP contribution in [0.1, 0.15) is 18.6 Å². The van der Waals surface area contributed by atoms with Crippen LogP contribution in [0.25, 0.3) is 0 Å². The highest BCUT2D eigenvalue weighted by Crippen LogP contribution is 2.38. The molecular weight excluding hydrogens is 164 g/mol. The van der Waals surface area contributed by atoms with Gasteiger partial charge < -0.3 is 9.52 Å². The average Bonchev–Trinajstić information content (AvgIpc) is 2.49. The molecule has 0 unspecified atom stereocenters. The summed E-state index contributed by atoms with van der Waals surface area (Å²) in [6.45, 7) is 0. The summed E-state index contributed by atoms with van der Waals surface area (Å²) in [7, 11) is 0. The minimum absolute atomic E-state index is 0.393. The van der Waals surface area contributed by atoms with Gasteiger partial charge in [0.2, 0.25) is 0 Å². The van der Waals surface area contributed by atoms with E-state index in [1.807, 2.05) is 0 Å². The Hall–Kier alpha value is -0.470.